The molecule has 4 nitrogen and oxygen atoms in total. The Labute approximate surface area is 108 Å². The lowest BCUT2D eigenvalue weighted by Gasteiger charge is -2.04. The first-order valence-electron chi connectivity index (χ1n) is 5.17. The summed E-state index contributed by atoms with van der Waals surface area (Å²) >= 11 is 1.33. The van der Waals surface area contributed by atoms with Crippen LogP contribution in [0.1, 0.15) is 5.56 Å². The lowest BCUT2D eigenvalue weighted by Crippen LogP contribution is -2.03. The standard InChI is InChI=1S/C11H6F3N3OS/c12-11(13,14)6-1-2-7-8(5-6)18-9(16-7)17-10-15-3-4-19-10/h1-5H,(H,15,16,17). The van der Waals surface area contributed by atoms with Crippen molar-refractivity contribution >= 4 is 33.6 Å². The lowest BCUT2D eigenvalue weighted by atomic mass is 10.2. The van der Waals surface area contributed by atoms with E-state index >= 15 is 0 Å². The van der Waals surface area contributed by atoms with Gasteiger partial charge in [0.05, 0.1) is 5.56 Å². The number of thiazole rings is 1. The van der Waals surface area contributed by atoms with Crippen LogP contribution in [0.3, 0.4) is 0 Å². The van der Waals surface area contributed by atoms with Gasteiger partial charge in [-0.05, 0) is 18.2 Å². The summed E-state index contributed by atoms with van der Waals surface area (Å²) < 4.78 is 42.8. The quantitative estimate of drug-likeness (QED) is 0.771. The van der Waals surface area contributed by atoms with Crippen LogP contribution in [0, 0.1) is 0 Å². The highest BCUT2D eigenvalue weighted by Crippen LogP contribution is 2.32. The van der Waals surface area contributed by atoms with E-state index in [1.165, 1.54) is 17.4 Å². The number of nitrogens with one attached hydrogen (secondary N) is 1. The molecule has 8 heteroatoms. The maximum absolute atomic E-state index is 12.5. The zero-order valence-corrected chi connectivity index (χ0v) is 10.0. The highest BCUT2D eigenvalue weighted by Gasteiger charge is 2.31. The van der Waals surface area contributed by atoms with Crippen molar-refractivity contribution in [1.29, 1.82) is 0 Å². The van der Waals surface area contributed by atoms with Crippen LogP contribution < -0.4 is 5.32 Å². The maximum Gasteiger partial charge on any atom is 0.416 e. The average Bonchev–Trinajstić information content (AvgIpc) is 2.95. The van der Waals surface area contributed by atoms with Gasteiger partial charge in [0.15, 0.2) is 10.7 Å². The second kappa shape index (κ2) is 4.23. The molecule has 0 aliphatic rings. The molecule has 0 unspecified atom stereocenters. The molecule has 0 saturated carbocycles. The highest BCUT2D eigenvalue weighted by atomic mass is 32.1. The van der Waals surface area contributed by atoms with Crippen molar-refractivity contribution in [2.75, 3.05) is 5.32 Å². The Morgan fingerprint density at radius 3 is 2.79 bits per heavy atom. The summed E-state index contributed by atoms with van der Waals surface area (Å²) in [7, 11) is 0. The number of benzene rings is 1. The molecule has 2 heterocycles. The molecule has 0 saturated heterocycles. The summed E-state index contributed by atoms with van der Waals surface area (Å²) in [6.07, 6.45) is -2.80. The fourth-order valence-corrected chi connectivity index (χ4v) is 2.05. The largest absolute Gasteiger partial charge is 0.423 e. The van der Waals surface area contributed by atoms with Gasteiger partial charge in [0, 0.05) is 11.6 Å². The highest BCUT2D eigenvalue weighted by molar-refractivity contribution is 7.13. The van der Waals surface area contributed by atoms with Crippen molar-refractivity contribution in [2.45, 2.75) is 6.18 Å². The van der Waals surface area contributed by atoms with E-state index in [0.717, 1.165) is 12.1 Å². The fraction of sp³-hybridized carbons (Fsp3) is 0.0909. The second-order valence-corrected chi connectivity index (χ2v) is 4.56. The Hall–Kier alpha value is -2.09. The van der Waals surface area contributed by atoms with Crippen molar-refractivity contribution in [3.63, 3.8) is 0 Å². The molecule has 1 N–H and O–H groups in total. The Bertz CT molecular complexity index is 706. The third-order valence-corrected chi connectivity index (χ3v) is 3.05. The predicted octanol–water partition coefficient (Wildman–Crippen LogP) is 4.05. The SMILES string of the molecule is FC(F)(F)c1ccc2nc(Nc3nccs3)oc2c1. The first kappa shape index (κ1) is 12.0. The monoisotopic (exact) mass is 285 g/mol. The Kier molecular flexibility index (Phi) is 2.67. The number of alkyl halides is 3. The summed E-state index contributed by atoms with van der Waals surface area (Å²) in [6, 6.07) is 3.28. The van der Waals surface area contributed by atoms with Gasteiger partial charge in [0.25, 0.3) is 0 Å². The fourth-order valence-electron chi connectivity index (χ4n) is 1.53. The molecule has 0 aliphatic carbocycles. The molecule has 0 atom stereocenters. The van der Waals surface area contributed by atoms with Crippen molar-refractivity contribution < 1.29 is 17.6 Å². The van der Waals surface area contributed by atoms with Crippen LogP contribution in [-0.2, 0) is 6.18 Å². The number of oxazole rings is 1. The van der Waals surface area contributed by atoms with E-state index in [9.17, 15) is 13.2 Å². The molecule has 0 radical (unpaired) electrons. The molecule has 0 aliphatic heterocycles. The number of halogens is 3. The van der Waals surface area contributed by atoms with Crippen LogP contribution in [0.2, 0.25) is 0 Å². The van der Waals surface area contributed by atoms with E-state index in [4.69, 9.17) is 4.42 Å². The molecular weight excluding hydrogens is 279 g/mol. The van der Waals surface area contributed by atoms with Crippen molar-refractivity contribution in [3.8, 4) is 0 Å². The maximum atomic E-state index is 12.5. The molecule has 0 spiro atoms. The van der Waals surface area contributed by atoms with E-state index in [0.29, 0.717) is 10.6 Å². The number of rotatable bonds is 2. The summed E-state index contributed by atoms with van der Waals surface area (Å²) in [4.78, 5) is 8.00. The number of nitrogens with zero attached hydrogens (tertiary/aromatic N) is 2. The first-order valence-corrected chi connectivity index (χ1v) is 6.05. The molecule has 3 aromatic rings. The van der Waals surface area contributed by atoms with E-state index in [1.807, 2.05) is 0 Å². The molecule has 0 fully saturated rings. The van der Waals surface area contributed by atoms with Crippen LogP contribution in [-0.4, -0.2) is 9.97 Å². The lowest BCUT2D eigenvalue weighted by molar-refractivity contribution is -0.137. The normalized spacial score (nSPS) is 11.9. The van der Waals surface area contributed by atoms with Gasteiger partial charge in [-0.3, -0.25) is 5.32 Å². The molecular formula is C11H6F3N3OS. The van der Waals surface area contributed by atoms with Crippen LogP contribution in [0.15, 0.2) is 34.2 Å². The zero-order valence-electron chi connectivity index (χ0n) is 9.23. The Morgan fingerprint density at radius 1 is 1.26 bits per heavy atom. The first-order chi connectivity index (χ1) is 9.02. The van der Waals surface area contributed by atoms with Gasteiger partial charge in [-0.2, -0.15) is 18.2 Å². The van der Waals surface area contributed by atoms with Crippen molar-refractivity contribution in [1.82, 2.24) is 9.97 Å². The van der Waals surface area contributed by atoms with Crippen molar-refractivity contribution in [2.24, 2.45) is 0 Å². The van der Waals surface area contributed by atoms with Crippen LogP contribution >= 0.6 is 11.3 Å². The third-order valence-electron chi connectivity index (χ3n) is 2.36. The van der Waals surface area contributed by atoms with Gasteiger partial charge >= 0.3 is 12.2 Å². The summed E-state index contributed by atoms with van der Waals surface area (Å²) in [5.74, 6) is 0. The number of anilines is 2. The molecule has 98 valence electrons. The molecule has 19 heavy (non-hydrogen) atoms. The van der Waals surface area contributed by atoms with Crippen LogP contribution in [0.5, 0.6) is 0 Å². The smallest absolute Gasteiger partial charge is 0.416 e. The molecule has 1 aromatic carbocycles. The van der Waals surface area contributed by atoms with Gasteiger partial charge in [0.1, 0.15) is 5.52 Å². The van der Waals surface area contributed by atoms with Gasteiger partial charge in [-0.15, -0.1) is 11.3 Å². The molecule has 0 amide bonds. The van der Waals surface area contributed by atoms with Crippen molar-refractivity contribution in [3.05, 3.63) is 35.3 Å². The van der Waals surface area contributed by atoms with E-state index in [1.54, 1.807) is 11.6 Å². The van der Waals surface area contributed by atoms with E-state index in [2.05, 4.69) is 15.3 Å². The molecule has 3 rings (SSSR count). The average molecular weight is 285 g/mol. The van der Waals surface area contributed by atoms with Crippen LogP contribution in [0.25, 0.3) is 11.1 Å². The minimum absolute atomic E-state index is 0.0777. The van der Waals surface area contributed by atoms with E-state index < -0.39 is 11.7 Å². The van der Waals surface area contributed by atoms with Crippen LogP contribution in [0.4, 0.5) is 24.3 Å². The van der Waals surface area contributed by atoms with Gasteiger partial charge < -0.3 is 4.42 Å². The minimum atomic E-state index is -4.40. The second-order valence-electron chi connectivity index (χ2n) is 3.66. The number of fused-ring (bicyclic) bond motifs is 1. The Morgan fingerprint density at radius 2 is 2.11 bits per heavy atom. The van der Waals surface area contributed by atoms with E-state index in [-0.39, 0.29) is 11.6 Å². The Balaban J connectivity index is 1.97. The summed E-state index contributed by atoms with van der Waals surface area (Å²) in [5.41, 5.74) is -0.335. The number of hydrogen-bond donors (Lipinski definition) is 1. The van der Waals surface area contributed by atoms with Gasteiger partial charge in [-0.25, -0.2) is 4.98 Å². The molecule has 2 aromatic heterocycles. The van der Waals surface area contributed by atoms with Gasteiger partial charge in [0.2, 0.25) is 0 Å². The zero-order chi connectivity index (χ0) is 13.5. The van der Waals surface area contributed by atoms with Gasteiger partial charge in [-0.1, -0.05) is 0 Å². The topological polar surface area (TPSA) is 51.0 Å². The number of aromatic nitrogens is 2. The summed E-state index contributed by atoms with van der Waals surface area (Å²) in [6.45, 7) is 0. The predicted molar refractivity (Wildman–Crippen MR) is 64.4 cm³/mol. The minimum Gasteiger partial charge on any atom is -0.423 e. The third kappa shape index (κ3) is 2.39. The summed E-state index contributed by atoms with van der Waals surface area (Å²) in [5, 5.41) is 5.09. The number of hydrogen-bond acceptors (Lipinski definition) is 5. The molecule has 0 bridgehead atoms.